The molecule has 1 amide bonds. The average Bonchev–Trinajstić information content (AvgIpc) is 2.84. The van der Waals surface area contributed by atoms with Crippen molar-refractivity contribution >= 4 is 5.91 Å². The van der Waals surface area contributed by atoms with Gasteiger partial charge in [0.15, 0.2) is 0 Å². The van der Waals surface area contributed by atoms with Crippen LogP contribution in [0.15, 0.2) is 12.2 Å². The molecular formula is C13H21NO. The average molecular weight is 207 g/mol. The van der Waals surface area contributed by atoms with Crippen LogP contribution in [0.2, 0.25) is 0 Å². The minimum Gasteiger partial charge on any atom is -0.337 e. The smallest absolute Gasteiger partial charge is 0.223 e. The van der Waals surface area contributed by atoms with Crippen LogP contribution in [0.5, 0.6) is 0 Å². The zero-order chi connectivity index (χ0) is 10.7. The number of hydrogen-bond acceptors (Lipinski definition) is 1. The van der Waals surface area contributed by atoms with E-state index in [9.17, 15) is 4.79 Å². The fourth-order valence-electron chi connectivity index (χ4n) is 2.67. The van der Waals surface area contributed by atoms with Crippen molar-refractivity contribution in [3.63, 3.8) is 0 Å². The van der Waals surface area contributed by atoms with Crippen LogP contribution in [0.25, 0.3) is 0 Å². The summed E-state index contributed by atoms with van der Waals surface area (Å²) in [5.41, 5.74) is 0. The van der Waals surface area contributed by atoms with E-state index in [2.05, 4.69) is 19.1 Å². The highest BCUT2D eigenvalue weighted by Gasteiger charge is 2.23. The lowest BCUT2D eigenvalue weighted by Crippen LogP contribution is -2.32. The Balaban J connectivity index is 1.84. The molecule has 15 heavy (non-hydrogen) atoms. The molecule has 0 aromatic carbocycles. The molecule has 0 aromatic heterocycles. The molecule has 1 atom stereocenters. The SMILES string of the molecule is CC(/C=C/C1CCCC1)N1CCCC1=O. The van der Waals surface area contributed by atoms with Crippen molar-refractivity contribution in [1.82, 2.24) is 4.90 Å². The molecule has 0 spiro atoms. The predicted molar refractivity (Wildman–Crippen MR) is 61.5 cm³/mol. The first-order valence-electron chi connectivity index (χ1n) is 6.25. The second-order valence-electron chi connectivity index (χ2n) is 4.86. The van der Waals surface area contributed by atoms with Crippen molar-refractivity contribution < 1.29 is 4.79 Å². The number of carbonyl (C=O) groups excluding carboxylic acids is 1. The van der Waals surface area contributed by atoms with Gasteiger partial charge in [0.25, 0.3) is 0 Å². The molecule has 2 nitrogen and oxygen atoms in total. The van der Waals surface area contributed by atoms with Gasteiger partial charge >= 0.3 is 0 Å². The van der Waals surface area contributed by atoms with Crippen molar-refractivity contribution in [3.05, 3.63) is 12.2 Å². The quantitative estimate of drug-likeness (QED) is 0.652. The van der Waals surface area contributed by atoms with Gasteiger partial charge in [0.2, 0.25) is 5.91 Å². The first kappa shape index (κ1) is 10.7. The van der Waals surface area contributed by atoms with Gasteiger partial charge in [-0.05, 0) is 32.1 Å². The van der Waals surface area contributed by atoms with Gasteiger partial charge in [-0.25, -0.2) is 0 Å². The van der Waals surface area contributed by atoms with E-state index in [4.69, 9.17) is 0 Å². The van der Waals surface area contributed by atoms with Gasteiger partial charge in [0, 0.05) is 19.0 Å². The van der Waals surface area contributed by atoms with E-state index < -0.39 is 0 Å². The minimum atomic E-state index is 0.306. The van der Waals surface area contributed by atoms with Gasteiger partial charge in [-0.2, -0.15) is 0 Å². The maximum absolute atomic E-state index is 11.5. The van der Waals surface area contributed by atoms with Crippen LogP contribution in [0.3, 0.4) is 0 Å². The Kier molecular flexibility index (Phi) is 3.45. The number of carbonyl (C=O) groups is 1. The standard InChI is InChI=1S/C13H21NO/c1-11(14-10-4-7-13(14)15)8-9-12-5-2-3-6-12/h8-9,11-12H,2-7,10H2,1H3/b9-8+. The molecule has 0 radical (unpaired) electrons. The van der Waals surface area contributed by atoms with Gasteiger partial charge in [-0.1, -0.05) is 25.0 Å². The van der Waals surface area contributed by atoms with E-state index in [1.165, 1.54) is 25.7 Å². The Morgan fingerprint density at radius 1 is 1.33 bits per heavy atom. The first-order valence-corrected chi connectivity index (χ1v) is 6.25. The zero-order valence-electron chi connectivity index (χ0n) is 9.61. The van der Waals surface area contributed by atoms with E-state index in [-0.39, 0.29) is 0 Å². The first-order chi connectivity index (χ1) is 7.27. The van der Waals surface area contributed by atoms with E-state index in [1.54, 1.807) is 0 Å². The van der Waals surface area contributed by atoms with Gasteiger partial charge in [-0.3, -0.25) is 4.79 Å². The number of likely N-dealkylation sites (tertiary alicyclic amines) is 1. The van der Waals surface area contributed by atoms with Crippen molar-refractivity contribution in [1.29, 1.82) is 0 Å². The van der Waals surface area contributed by atoms with Crippen LogP contribution >= 0.6 is 0 Å². The lowest BCUT2D eigenvalue weighted by atomic mass is 10.1. The Morgan fingerprint density at radius 3 is 2.67 bits per heavy atom. The molecule has 1 saturated carbocycles. The second-order valence-corrected chi connectivity index (χ2v) is 4.86. The van der Waals surface area contributed by atoms with Crippen LogP contribution in [0.1, 0.15) is 45.4 Å². The molecule has 1 aliphatic heterocycles. The molecule has 84 valence electrons. The van der Waals surface area contributed by atoms with Gasteiger partial charge in [-0.15, -0.1) is 0 Å². The largest absolute Gasteiger partial charge is 0.337 e. The number of hydrogen-bond donors (Lipinski definition) is 0. The lowest BCUT2D eigenvalue weighted by Gasteiger charge is -2.21. The summed E-state index contributed by atoms with van der Waals surface area (Å²) in [6.45, 7) is 3.09. The van der Waals surface area contributed by atoms with E-state index in [1.807, 2.05) is 4.90 Å². The highest BCUT2D eigenvalue weighted by molar-refractivity contribution is 5.78. The Morgan fingerprint density at radius 2 is 2.07 bits per heavy atom. The summed E-state index contributed by atoms with van der Waals surface area (Å²) in [4.78, 5) is 13.5. The Labute approximate surface area is 92.3 Å². The minimum absolute atomic E-state index is 0.306. The summed E-state index contributed by atoms with van der Waals surface area (Å²) in [6, 6.07) is 0.306. The predicted octanol–water partition coefficient (Wildman–Crippen LogP) is 2.74. The summed E-state index contributed by atoms with van der Waals surface area (Å²) >= 11 is 0. The molecular weight excluding hydrogens is 186 g/mol. The molecule has 2 aliphatic rings. The summed E-state index contributed by atoms with van der Waals surface area (Å²) in [5.74, 6) is 1.11. The molecule has 1 aliphatic carbocycles. The highest BCUT2D eigenvalue weighted by Crippen LogP contribution is 2.26. The van der Waals surface area contributed by atoms with Crippen molar-refractivity contribution in [2.45, 2.75) is 51.5 Å². The van der Waals surface area contributed by atoms with Crippen molar-refractivity contribution in [2.75, 3.05) is 6.54 Å². The maximum Gasteiger partial charge on any atom is 0.223 e. The topological polar surface area (TPSA) is 20.3 Å². The van der Waals surface area contributed by atoms with Crippen molar-refractivity contribution in [3.8, 4) is 0 Å². The van der Waals surface area contributed by atoms with Gasteiger partial charge in [0.1, 0.15) is 0 Å². The fourth-order valence-corrected chi connectivity index (χ4v) is 2.67. The highest BCUT2D eigenvalue weighted by atomic mass is 16.2. The molecule has 1 heterocycles. The molecule has 2 fully saturated rings. The van der Waals surface area contributed by atoms with E-state index >= 15 is 0 Å². The Bertz CT molecular complexity index is 253. The number of rotatable bonds is 3. The summed E-state index contributed by atoms with van der Waals surface area (Å²) in [5, 5.41) is 0. The van der Waals surface area contributed by atoms with Gasteiger partial charge < -0.3 is 4.90 Å². The number of amides is 1. The third-order valence-electron chi connectivity index (χ3n) is 3.66. The molecule has 1 unspecified atom stereocenters. The van der Waals surface area contributed by atoms with Crippen molar-refractivity contribution in [2.24, 2.45) is 5.92 Å². The van der Waals surface area contributed by atoms with Crippen LogP contribution in [-0.4, -0.2) is 23.4 Å². The molecule has 2 heteroatoms. The molecule has 0 N–H and O–H groups in total. The molecule has 0 aromatic rings. The zero-order valence-corrected chi connectivity index (χ0v) is 9.61. The molecule has 2 rings (SSSR count). The Hall–Kier alpha value is -0.790. The number of nitrogens with zero attached hydrogens (tertiary/aromatic N) is 1. The molecule has 0 bridgehead atoms. The van der Waals surface area contributed by atoms with Crippen LogP contribution in [0, 0.1) is 5.92 Å². The monoisotopic (exact) mass is 207 g/mol. The summed E-state index contributed by atoms with van der Waals surface area (Å²) in [6.07, 6.45) is 11.8. The van der Waals surface area contributed by atoms with Gasteiger partial charge in [0.05, 0.1) is 0 Å². The van der Waals surface area contributed by atoms with E-state index in [0.717, 1.165) is 25.3 Å². The summed E-state index contributed by atoms with van der Waals surface area (Å²) < 4.78 is 0. The normalized spacial score (nSPS) is 25.7. The van der Waals surface area contributed by atoms with Crippen LogP contribution < -0.4 is 0 Å². The third-order valence-corrected chi connectivity index (χ3v) is 3.66. The third kappa shape index (κ3) is 2.61. The lowest BCUT2D eigenvalue weighted by molar-refractivity contribution is -0.128. The van der Waals surface area contributed by atoms with Crippen LogP contribution in [0.4, 0.5) is 0 Å². The number of allylic oxidation sites excluding steroid dienone is 1. The van der Waals surface area contributed by atoms with Crippen LogP contribution in [-0.2, 0) is 4.79 Å². The molecule has 1 saturated heterocycles. The summed E-state index contributed by atoms with van der Waals surface area (Å²) in [7, 11) is 0. The fraction of sp³-hybridized carbons (Fsp3) is 0.769. The van der Waals surface area contributed by atoms with E-state index in [0.29, 0.717) is 11.9 Å². The second kappa shape index (κ2) is 4.82. The maximum atomic E-state index is 11.5.